The number of fused-ring (bicyclic) bond motifs is 1. The fourth-order valence-corrected chi connectivity index (χ4v) is 5.44. The molecule has 2 N–H and O–H groups in total. The van der Waals surface area contributed by atoms with Gasteiger partial charge in [0.05, 0.1) is 22.6 Å². The lowest BCUT2D eigenvalue weighted by molar-refractivity contribution is -0.0336. The predicted molar refractivity (Wildman–Crippen MR) is 163 cm³/mol. The molecule has 5 aromatic rings. The van der Waals surface area contributed by atoms with E-state index in [1.807, 2.05) is 20.0 Å². The molecule has 1 fully saturated rings. The van der Waals surface area contributed by atoms with E-state index in [0.29, 0.717) is 29.1 Å². The summed E-state index contributed by atoms with van der Waals surface area (Å²) in [5.41, 5.74) is 2.60. The highest BCUT2D eigenvalue weighted by atomic mass is 19.1. The second kappa shape index (κ2) is 12.8. The summed E-state index contributed by atoms with van der Waals surface area (Å²) in [4.78, 5) is 32.4. The van der Waals surface area contributed by atoms with Crippen LogP contribution in [-0.4, -0.2) is 49.5 Å². The number of amides is 1. The van der Waals surface area contributed by atoms with Gasteiger partial charge in [0, 0.05) is 43.2 Å². The molecule has 0 saturated heterocycles. The molecule has 3 aromatic carbocycles. The second-order valence-corrected chi connectivity index (χ2v) is 10.6. The van der Waals surface area contributed by atoms with E-state index in [1.165, 1.54) is 31.3 Å². The Morgan fingerprint density at radius 3 is 2.34 bits per heavy atom. The summed E-state index contributed by atoms with van der Waals surface area (Å²) in [6, 6.07) is 15.4. The average molecular weight is 599 g/mol. The number of hydrogen-bond acceptors (Lipinski definition) is 7. The van der Waals surface area contributed by atoms with Gasteiger partial charge < -0.3 is 19.8 Å². The van der Waals surface area contributed by atoms with Crippen LogP contribution in [0.4, 0.5) is 8.78 Å². The van der Waals surface area contributed by atoms with Crippen LogP contribution in [0.25, 0.3) is 33.4 Å². The van der Waals surface area contributed by atoms with Gasteiger partial charge in [-0.2, -0.15) is 0 Å². The molecule has 1 aliphatic carbocycles. The third kappa shape index (κ3) is 5.73. The van der Waals surface area contributed by atoms with Gasteiger partial charge in [-0.05, 0) is 86.5 Å². The number of rotatable bonds is 7. The molecule has 6 rings (SSSR count). The largest absolute Gasteiger partial charge is 0.455 e. The van der Waals surface area contributed by atoms with Gasteiger partial charge in [0.1, 0.15) is 35.1 Å². The third-order valence-electron chi connectivity index (χ3n) is 8.00. The second-order valence-electron chi connectivity index (χ2n) is 10.6. The summed E-state index contributed by atoms with van der Waals surface area (Å²) in [5, 5.41) is 5.83. The van der Waals surface area contributed by atoms with Gasteiger partial charge in [-0.25, -0.2) is 18.7 Å². The van der Waals surface area contributed by atoms with Gasteiger partial charge in [-0.15, -0.1) is 0 Å². The van der Waals surface area contributed by atoms with E-state index in [4.69, 9.17) is 9.15 Å². The Bertz CT molecular complexity index is 1800. The maximum absolute atomic E-state index is 15.7. The first-order chi connectivity index (χ1) is 21.2. The van der Waals surface area contributed by atoms with Crippen molar-refractivity contribution in [1.29, 1.82) is 0 Å². The zero-order valence-electron chi connectivity index (χ0n) is 24.8. The third-order valence-corrected chi connectivity index (χ3v) is 8.00. The van der Waals surface area contributed by atoms with E-state index in [9.17, 15) is 14.0 Å². The monoisotopic (exact) mass is 598 g/mol. The number of benzene rings is 3. The number of nitrogens with zero attached hydrogens (tertiary/aromatic N) is 2. The van der Waals surface area contributed by atoms with Crippen LogP contribution < -0.4 is 10.6 Å². The quantitative estimate of drug-likeness (QED) is 0.214. The number of carbonyl (C=O) groups is 2. The molecule has 0 radical (unpaired) electrons. The number of aromatic nitrogens is 2. The molecule has 1 aliphatic rings. The molecule has 0 atom stereocenters. The number of carbonyl (C=O) groups excluding carboxylic acids is 2. The summed E-state index contributed by atoms with van der Waals surface area (Å²) < 4.78 is 40.2. The van der Waals surface area contributed by atoms with Crippen LogP contribution in [0, 0.1) is 18.6 Å². The maximum Gasteiger partial charge on any atom is 0.255 e. The number of methoxy groups -OCH3 is 1. The number of hydrogen-bond donors (Lipinski definition) is 2. The first kappa shape index (κ1) is 30.7. The van der Waals surface area contributed by atoms with Gasteiger partial charge in [-0.1, -0.05) is 12.1 Å². The Morgan fingerprint density at radius 1 is 1.02 bits per heavy atom. The van der Waals surface area contributed by atoms with Crippen LogP contribution in [0.3, 0.4) is 0 Å². The fraction of sp³-hybridized carbons (Fsp3) is 0.235. The highest BCUT2D eigenvalue weighted by molar-refractivity contribution is 6.12. The Morgan fingerprint density at radius 2 is 1.73 bits per heavy atom. The van der Waals surface area contributed by atoms with E-state index in [0.717, 1.165) is 24.2 Å². The molecule has 2 aromatic heterocycles. The lowest BCUT2D eigenvalue weighted by Crippen LogP contribution is -2.55. The lowest BCUT2D eigenvalue weighted by atomic mass is 9.73. The van der Waals surface area contributed by atoms with Gasteiger partial charge in [0.2, 0.25) is 0 Å². The van der Waals surface area contributed by atoms with Crippen molar-refractivity contribution in [2.75, 3.05) is 21.2 Å². The number of furan rings is 1. The van der Waals surface area contributed by atoms with Crippen LogP contribution >= 0.6 is 0 Å². The summed E-state index contributed by atoms with van der Waals surface area (Å²) in [6.07, 6.45) is 6.49. The molecule has 2 heterocycles. The summed E-state index contributed by atoms with van der Waals surface area (Å²) >= 11 is 0. The van der Waals surface area contributed by atoms with Crippen molar-refractivity contribution in [3.05, 3.63) is 107 Å². The molecule has 1 saturated carbocycles. The van der Waals surface area contributed by atoms with E-state index in [-0.39, 0.29) is 33.4 Å². The molecule has 0 unspecified atom stereocenters. The minimum absolute atomic E-state index is 0.0297. The van der Waals surface area contributed by atoms with Crippen molar-refractivity contribution in [1.82, 2.24) is 20.6 Å². The first-order valence-corrected chi connectivity index (χ1v) is 14.0. The number of ether oxygens (including phenoxy) is 1. The average Bonchev–Trinajstić information content (AvgIpc) is 3.43. The van der Waals surface area contributed by atoms with Gasteiger partial charge >= 0.3 is 0 Å². The van der Waals surface area contributed by atoms with Crippen molar-refractivity contribution < 1.29 is 27.5 Å². The molecule has 44 heavy (non-hydrogen) atoms. The molecular weight excluding hydrogens is 566 g/mol. The van der Waals surface area contributed by atoms with E-state index in [2.05, 4.69) is 20.6 Å². The van der Waals surface area contributed by atoms with Crippen LogP contribution in [0.15, 0.2) is 77.5 Å². The van der Waals surface area contributed by atoms with E-state index >= 15 is 4.39 Å². The van der Waals surface area contributed by atoms with Crippen molar-refractivity contribution in [2.45, 2.75) is 31.4 Å². The van der Waals surface area contributed by atoms with E-state index < -0.39 is 17.5 Å². The SMILES string of the molecule is CNC(=O)c1c(-c2ccc(F)cc2)oc2ccc(-c3cc(C=O)ccc3C)c(F)c12.CNC1(c2ncccn2)CC(OC)C1. The summed E-state index contributed by atoms with van der Waals surface area (Å²) in [5.74, 6) is -0.568. The van der Waals surface area contributed by atoms with Gasteiger partial charge in [0.25, 0.3) is 5.91 Å². The number of halogens is 2. The van der Waals surface area contributed by atoms with Gasteiger partial charge in [-0.3, -0.25) is 9.59 Å². The Hall–Kier alpha value is -4.80. The highest BCUT2D eigenvalue weighted by Gasteiger charge is 2.46. The molecule has 10 heteroatoms. The number of aryl methyl sites for hydroxylation is 1. The lowest BCUT2D eigenvalue weighted by Gasteiger charge is -2.45. The van der Waals surface area contributed by atoms with Crippen molar-refractivity contribution in [3.63, 3.8) is 0 Å². The van der Waals surface area contributed by atoms with E-state index in [1.54, 1.807) is 49.8 Å². The molecule has 8 nitrogen and oxygen atoms in total. The zero-order chi connectivity index (χ0) is 31.4. The van der Waals surface area contributed by atoms with Gasteiger partial charge in [0.15, 0.2) is 0 Å². The minimum atomic E-state index is -0.630. The molecule has 0 spiro atoms. The normalized spacial score (nSPS) is 17.4. The van der Waals surface area contributed by atoms with Crippen LogP contribution in [0.5, 0.6) is 0 Å². The smallest absolute Gasteiger partial charge is 0.255 e. The van der Waals surface area contributed by atoms with Crippen LogP contribution in [0.1, 0.15) is 44.9 Å². The topological polar surface area (TPSA) is 106 Å². The van der Waals surface area contributed by atoms with Crippen LogP contribution in [0.2, 0.25) is 0 Å². The molecule has 0 bridgehead atoms. The first-order valence-electron chi connectivity index (χ1n) is 14.0. The Kier molecular flexibility index (Phi) is 8.93. The Labute approximate surface area is 253 Å². The molecule has 226 valence electrons. The Balaban J connectivity index is 0.000000229. The van der Waals surface area contributed by atoms with Crippen molar-refractivity contribution in [2.24, 2.45) is 0 Å². The van der Waals surface area contributed by atoms with Crippen molar-refractivity contribution in [3.8, 4) is 22.5 Å². The maximum atomic E-state index is 15.7. The summed E-state index contributed by atoms with van der Waals surface area (Å²) in [6.45, 7) is 1.81. The number of nitrogens with one attached hydrogen (secondary N) is 2. The standard InChI is InChI=1S/C24H17F2NO3.C10H15N3O/c1-13-3-4-14(12-28)11-18(13)17-9-10-19-20(22(17)26)21(24(29)27-2)23(30-19)15-5-7-16(25)8-6-15;1-11-10(6-8(7-10)14-2)9-12-4-3-5-13-9/h3-12H,1-2H3,(H,27,29);3-5,8,11H,6-7H2,1-2H3. The minimum Gasteiger partial charge on any atom is -0.455 e. The predicted octanol–water partition coefficient (Wildman–Crippen LogP) is 6.23. The summed E-state index contributed by atoms with van der Waals surface area (Å²) in [7, 11) is 5.13. The highest BCUT2D eigenvalue weighted by Crippen LogP contribution is 2.41. The number of aldehydes is 1. The molecular formula is C34H32F2N4O4. The molecule has 1 amide bonds. The van der Waals surface area contributed by atoms with Crippen molar-refractivity contribution >= 4 is 23.2 Å². The van der Waals surface area contributed by atoms with Crippen LogP contribution in [-0.2, 0) is 10.3 Å². The fourth-order valence-electron chi connectivity index (χ4n) is 5.44. The molecule has 0 aliphatic heterocycles. The zero-order valence-corrected chi connectivity index (χ0v) is 24.8.